The molecule has 0 saturated heterocycles. The minimum absolute atomic E-state index is 0.0214. The molecule has 3 rings (SSSR count). The lowest BCUT2D eigenvalue weighted by Gasteiger charge is -2.05. The van der Waals surface area contributed by atoms with E-state index in [1.807, 2.05) is 6.92 Å². The van der Waals surface area contributed by atoms with Gasteiger partial charge < -0.3 is 4.52 Å². The van der Waals surface area contributed by atoms with E-state index < -0.39 is 10.0 Å². The highest BCUT2D eigenvalue weighted by Gasteiger charge is 2.19. The molecular weight excluding hydrogens is 331 g/mol. The van der Waals surface area contributed by atoms with E-state index in [1.54, 1.807) is 24.3 Å². The van der Waals surface area contributed by atoms with Crippen molar-refractivity contribution in [2.75, 3.05) is 0 Å². The summed E-state index contributed by atoms with van der Waals surface area (Å²) >= 11 is 0. The van der Waals surface area contributed by atoms with Crippen LogP contribution in [0.5, 0.6) is 0 Å². The molecule has 0 atom stereocenters. The molecule has 1 aromatic heterocycles. The Morgan fingerprint density at radius 3 is 2.42 bits per heavy atom. The molecule has 5 nitrogen and oxygen atoms in total. The van der Waals surface area contributed by atoms with Gasteiger partial charge in [0.2, 0.25) is 10.0 Å². The molecule has 2 N–H and O–H groups in total. The summed E-state index contributed by atoms with van der Waals surface area (Å²) in [6.07, 6.45) is 0.616. The summed E-state index contributed by atoms with van der Waals surface area (Å²) in [5.74, 6) is 0.0622. The smallest absolute Gasteiger partial charge is 0.238 e. The Morgan fingerprint density at radius 1 is 1.12 bits per heavy atom. The first-order chi connectivity index (χ1) is 11.4. The molecular formula is C17H15FN2O3S. The van der Waals surface area contributed by atoms with Crippen LogP contribution in [0.15, 0.2) is 57.9 Å². The fourth-order valence-corrected chi connectivity index (χ4v) is 3.02. The van der Waals surface area contributed by atoms with E-state index in [-0.39, 0.29) is 10.7 Å². The molecule has 3 aromatic rings. The molecule has 0 unspecified atom stereocenters. The highest BCUT2D eigenvalue weighted by molar-refractivity contribution is 7.89. The maximum absolute atomic E-state index is 13.5. The van der Waals surface area contributed by atoms with Crippen molar-refractivity contribution >= 4 is 10.0 Å². The number of sulfonamides is 1. The summed E-state index contributed by atoms with van der Waals surface area (Å²) in [6, 6.07) is 12.1. The molecule has 2 aromatic carbocycles. The van der Waals surface area contributed by atoms with Crippen molar-refractivity contribution in [2.24, 2.45) is 5.14 Å². The lowest BCUT2D eigenvalue weighted by Crippen LogP contribution is -2.11. The first-order valence-corrected chi connectivity index (χ1v) is 8.82. The zero-order valence-electron chi connectivity index (χ0n) is 12.9. The van der Waals surface area contributed by atoms with E-state index in [1.165, 1.54) is 24.3 Å². The van der Waals surface area contributed by atoms with Crippen LogP contribution < -0.4 is 5.14 Å². The third-order valence-electron chi connectivity index (χ3n) is 3.66. The van der Waals surface area contributed by atoms with E-state index >= 15 is 0 Å². The number of nitrogens with zero attached hydrogens (tertiary/aromatic N) is 1. The SMILES string of the molecule is CCc1noc(-c2cccc(F)c2)c1-c1ccc(S(N)(=O)=O)cc1. The van der Waals surface area contributed by atoms with Crippen molar-refractivity contribution in [1.29, 1.82) is 0 Å². The van der Waals surface area contributed by atoms with Gasteiger partial charge in [0, 0.05) is 5.56 Å². The summed E-state index contributed by atoms with van der Waals surface area (Å²) in [5.41, 5.74) is 2.70. The standard InChI is InChI=1S/C17H15FN2O3S/c1-2-15-16(11-6-8-14(9-7-11)24(19,21)22)17(23-20-15)12-4-3-5-13(18)10-12/h3-10H,2H2,1H3,(H2,19,21,22). The molecule has 0 saturated carbocycles. The van der Waals surface area contributed by atoms with E-state index in [9.17, 15) is 12.8 Å². The van der Waals surface area contributed by atoms with E-state index in [0.717, 1.165) is 5.56 Å². The van der Waals surface area contributed by atoms with Gasteiger partial charge in [-0.25, -0.2) is 17.9 Å². The van der Waals surface area contributed by atoms with E-state index in [2.05, 4.69) is 5.16 Å². The van der Waals surface area contributed by atoms with Crippen molar-refractivity contribution in [3.05, 3.63) is 60.0 Å². The van der Waals surface area contributed by atoms with Crippen LogP contribution in [0.4, 0.5) is 4.39 Å². The van der Waals surface area contributed by atoms with Crippen molar-refractivity contribution in [2.45, 2.75) is 18.2 Å². The predicted molar refractivity (Wildman–Crippen MR) is 88.1 cm³/mol. The molecule has 0 aliphatic heterocycles. The van der Waals surface area contributed by atoms with Gasteiger partial charge in [-0.3, -0.25) is 0 Å². The number of hydrogen-bond acceptors (Lipinski definition) is 4. The summed E-state index contributed by atoms with van der Waals surface area (Å²) in [4.78, 5) is 0.0214. The minimum Gasteiger partial charge on any atom is -0.355 e. The zero-order chi connectivity index (χ0) is 17.3. The number of nitrogens with two attached hydrogens (primary N) is 1. The van der Waals surface area contributed by atoms with Gasteiger partial charge in [0.1, 0.15) is 5.82 Å². The maximum atomic E-state index is 13.5. The molecule has 7 heteroatoms. The molecule has 1 heterocycles. The van der Waals surface area contributed by atoms with Crippen LogP contribution in [0.1, 0.15) is 12.6 Å². The molecule has 0 amide bonds. The fraction of sp³-hybridized carbons (Fsp3) is 0.118. The van der Waals surface area contributed by atoms with Gasteiger partial charge in [0.25, 0.3) is 0 Å². The van der Waals surface area contributed by atoms with Crippen LogP contribution in [0.25, 0.3) is 22.5 Å². The second kappa shape index (κ2) is 6.18. The normalized spacial score (nSPS) is 11.6. The first kappa shape index (κ1) is 16.4. The van der Waals surface area contributed by atoms with Crippen LogP contribution in [0.2, 0.25) is 0 Å². The fourth-order valence-electron chi connectivity index (χ4n) is 2.50. The van der Waals surface area contributed by atoms with E-state index in [0.29, 0.717) is 29.0 Å². The summed E-state index contributed by atoms with van der Waals surface area (Å²) < 4.78 is 41.7. The molecule has 0 fully saturated rings. The maximum Gasteiger partial charge on any atom is 0.238 e. The number of primary sulfonamides is 1. The summed E-state index contributed by atoms with van der Waals surface area (Å²) in [6.45, 7) is 1.93. The van der Waals surface area contributed by atoms with Gasteiger partial charge >= 0.3 is 0 Å². The molecule has 0 aliphatic carbocycles. The average molecular weight is 346 g/mol. The Bertz CT molecular complexity index is 979. The molecule has 0 spiro atoms. The third kappa shape index (κ3) is 3.08. The van der Waals surface area contributed by atoms with E-state index in [4.69, 9.17) is 9.66 Å². The van der Waals surface area contributed by atoms with Crippen LogP contribution in [0.3, 0.4) is 0 Å². The molecule has 24 heavy (non-hydrogen) atoms. The van der Waals surface area contributed by atoms with Crippen LogP contribution in [0, 0.1) is 5.82 Å². The van der Waals surface area contributed by atoms with Gasteiger partial charge in [-0.2, -0.15) is 0 Å². The zero-order valence-corrected chi connectivity index (χ0v) is 13.7. The number of rotatable bonds is 4. The van der Waals surface area contributed by atoms with Gasteiger partial charge in [-0.1, -0.05) is 36.3 Å². The van der Waals surface area contributed by atoms with Crippen molar-refractivity contribution < 1.29 is 17.3 Å². The lowest BCUT2D eigenvalue weighted by molar-refractivity contribution is 0.424. The lowest BCUT2D eigenvalue weighted by atomic mass is 9.98. The van der Waals surface area contributed by atoms with Crippen molar-refractivity contribution in [3.63, 3.8) is 0 Å². The summed E-state index contributed by atoms with van der Waals surface area (Å²) in [5, 5.41) is 9.17. The van der Waals surface area contributed by atoms with Crippen LogP contribution in [-0.4, -0.2) is 13.6 Å². The van der Waals surface area contributed by atoms with Gasteiger partial charge in [0.15, 0.2) is 5.76 Å². The Labute approximate surface area is 139 Å². The Morgan fingerprint density at radius 2 is 1.83 bits per heavy atom. The van der Waals surface area contributed by atoms with Gasteiger partial charge in [0.05, 0.1) is 16.2 Å². The predicted octanol–water partition coefficient (Wildman–Crippen LogP) is 3.36. The number of aromatic nitrogens is 1. The number of aryl methyl sites for hydroxylation is 1. The summed E-state index contributed by atoms with van der Waals surface area (Å²) in [7, 11) is -3.76. The highest BCUT2D eigenvalue weighted by atomic mass is 32.2. The largest absolute Gasteiger partial charge is 0.355 e. The first-order valence-electron chi connectivity index (χ1n) is 7.28. The quantitative estimate of drug-likeness (QED) is 0.785. The topological polar surface area (TPSA) is 86.2 Å². The Hall–Kier alpha value is -2.51. The second-order valence-corrected chi connectivity index (χ2v) is 6.83. The number of halogens is 1. The van der Waals surface area contributed by atoms with Crippen LogP contribution in [-0.2, 0) is 16.4 Å². The number of benzene rings is 2. The second-order valence-electron chi connectivity index (χ2n) is 5.27. The molecule has 0 aliphatic rings. The monoisotopic (exact) mass is 346 g/mol. The third-order valence-corrected chi connectivity index (χ3v) is 4.59. The number of hydrogen-bond donors (Lipinski definition) is 1. The Balaban J connectivity index is 2.15. The van der Waals surface area contributed by atoms with Gasteiger partial charge in [-0.15, -0.1) is 0 Å². The minimum atomic E-state index is -3.76. The van der Waals surface area contributed by atoms with Gasteiger partial charge in [-0.05, 0) is 36.2 Å². The molecule has 0 bridgehead atoms. The average Bonchev–Trinajstić information content (AvgIpc) is 2.98. The highest BCUT2D eigenvalue weighted by Crippen LogP contribution is 2.35. The van der Waals surface area contributed by atoms with Crippen molar-refractivity contribution in [1.82, 2.24) is 5.16 Å². The van der Waals surface area contributed by atoms with Crippen LogP contribution >= 0.6 is 0 Å². The molecule has 124 valence electrons. The molecule has 0 radical (unpaired) electrons. The Kier molecular flexibility index (Phi) is 4.21. The van der Waals surface area contributed by atoms with Crippen molar-refractivity contribution in [3.8, 4) is 22.5 Å².